The van der Waals surface area contributed by atoms with Crippen molar-refractivity contribution in [2.24, 2.45) is 0 Å². The van der Waals surface area contributed by atoms with Crippen molar-refractivity contribution < 1.29 is 13.6 Å². The molecule has 6 nitrogen and oxygen atoms in total. The smallest absolute Gasteiger partial charge is 0.236 e. The van der Waals surface area contributed by atoms with Crippen molar-refractivity contribution in [3.8, 4) is 17.1 Å². The highest BCUT2D eigenvalue weighted by atomic mass is 32.2. The Morgan fingerprint density at radius 1 is 1.14 bits per heavy atom. The molecule has 1 N–H and O–H groups in total. The van der Waals surface area contributed by atoms with Crippen LogP contribution < -0.4 is 5.32 Å². The van der Waals surface area contributed by atoms with Gasteiger partial charge in [-0.25, -0.2) is 13.8 Å². The van der Waals surface area contributed by atoms with E-state index in [-0.39, 0.29) is 17.3 Å². The van der Waals surface area contributed by atoms with Gasteiger partial charge in [0.15, 0.2) is 16.1 Å². The van der Waals surface area contributed by atoms with Crippen LogP contribution >= 0.6 is 23.1 Å². The van der Waals surface area contributed by atoms with Gasteiger partial charge in [-0.05, 0) is 12.1 Å². The highest BCUT2D eigenvalue weighted by Crippen LogP contribution is 2.29. The second-order valence-electron chi connectivity index (χ2n) is 5.78. The predicted molar refractivity (Wildman–Crippen MR) is 108 cm³/mol. The van der Waals surface area contributed by atoms with Gasteiger partial charge in [-0.15, -0.1) is 21.5 Å². The van der Waals surface area contributed by atoms with Gasteiger partial charge in [-0.3, -0.25) is 9.36 Å². The summed E-state index contributed by atoms with van der Waals surface area (Å²) in [5, 5.41) is 13.5. The Kier molecular flexibility index (Phi) is 5.63. The fourth-order valence-corrected chi connectivity index (χ4v) is 3.88. The maximum atomic E-state index is 14.5. The molecule has 0 aliphatic heterocycles. The lowest BCUT2D eigenvalue weighted by atomic mass is 10.2. The van der Waals surface area contributed by atoms with Gasteiger partial charge in [-0.2, -0.15) is 0 Å². The number of halogens is 2. The normalized spacial score (nSPS) is 10.8. The summed E-state index contributed by atoms with van der Waals surface area (Å²) in [5.41, 5.74) is 0.806. The summed E-state index contributed by atoms with van der Waals surface area (Å²) < 4.78 is 29.4. The number of thioether (sulfide) groups is 1. The number of nitrogens with zero attached hydrogens (tertiary/aromatic N) is 4. The Morgan fingerprint density at radius 2 is 1.97 bits per heavy atom. The quantitative estimate of drug-likeness (QED) is 0.460. The molecule has 2 aromatic heterocycles. The van der Waals surface area contributed by atoms with Crippen LogP contribution in [0.1, 0.15) is 0 Å². The Morgan fingerprint density at radius 3 is 2.69 bits per heavy atom. The number of thiazole rings is 1. The highest BCUT2D eigenvalue weighted by Gasteiger charge is 2.20. The first kappa shape index (κ1) is 19.2. The highest BCUT2D eigenvalue weighted by molar-refractivity contribution is 7.99. The molecule has 0 radical (unpaired) electrons. The maximum Gasteiger partial charge on any atom is 0.236 e. The summed E-state index contributed by atoms with van der Waals surface area (Å²) >= 11 is 2.40. The molecule has 0 spiro atoms. The van der Waals surface area contributed by atoms with Crippen LogP contribution in [0.3, 0.4) is 0 Å². The zero-order chi connectivity index (χ0) is 20.2. The third kappa shape index (κ3) is 4.33. The topological polar surface area (TPSA) is 72.7 Å². The lowest BCUT2D eigenvalue weighted by molar-refractivity contribution is -0.113. The minimum Gasteiger partial charge on any atom is -0.301 e. The molecular formula is C19H13F2N5OS2. The molecular weight excluding hydrogens is 416 g/mol. The van der Waals surface area contributed by atoms with E-state index in [1.54, 1.807) is 11.6 Å². The number of carbonyl (C=O) groups is 1. The molecule has 146 valence electrons. The third-order valence-corrected chi connectivity index (χ3v) is 5.44. The van der Waals surface area contributed by atoms with Crippen LogP contribution in [0.4, 0.5) is 13.9 Å². The molecule has 0 unspecified atom stereocenters. The molecule has 0 fully saturated rings. The number of nitrogens with one attached hydrogen (secondary N) is 1. The van der Waals surface area contributed by atoms with E-state index in [1.165, 1.54) is 22.0 Å². The Balaban J connectivity index is 1.66. The van der Waals surface area contributed by atoms with E-state index in [0.29, 0.717) is 21.7 Å². The predicted octanol–water partition coefficient (Wildman–Crippen LogP) is 4.40. The molecule has 2 heterocycles. The van der Waals surface area contributed by atoms with E-state index in [2.05, 4.69) is 20.5 Å². The summed E-state index contributed by atoms with van der Waals surface area (Å²) in [6.45, 7) is 0. The van der Waals surface area contributed by atoms with Gasteiger partial charge < -0.3 is 5.32 Å². The summed E-state index contributed by atoms with van der Waals surface area (Å²) in [5.74, 6) is -1.30. The molecule has 29 heavy (non-hydrogen) atoms. The Bertz CT molecular complexity index is 1130. The Labute approximate surface area is 172 Å². The van der Waals surface area contributed by atoms with E-state index in [4.69, 9.17) is 0 Å². The lowest BCUT2D eigenvalue weighted by Gasteiger charge is -2.11. The minimum atomic E-state index is -0.754. The number of amides is 1. The fraction of sp³-hybridized carbons (Fsp3) is 0.0526. The largest absolute Gasteiger partial charge is 0.301 e. The number of rotatable bonds is 6. The molecule has 0 saturated heterocycles. The summed E-state index contributed by atoms with van der Waals surface area (Å²) in [6, 6.07) is 12.4. The minimum absolute atomic E-state index is 0.0231. The van der Waals surface area contributed by atoms with Crippen molar-refractivity contribution in [2.75, 3.05) is 11.1 Å². The van der Waals surface area contributed by atoms with Gasteiger partial charge in [-0.1, -0.05) is 42.1 Å². The van der Waals surface area contributed by atoms with Crippen LogP contribution in [0.15, 0.2) is 65.3 Å². The van der Waals surface area contributed by atoms with Gasteiger partial charge >= 0.3 is 0 Å². The van der Waals surface area contributed by atoms with E-state index < -0.39 is 11.6 Å². The summed E-state index contributed by atoms with van der Waals surface area (Å²) in [4.78, 5) is 16.2. The van der Waals surface area contributed by atoms with Crippen LogP contribution in [0, 0.1) is 11.6 Å². The van der Waals surface area contributed by atoms with Crippen LogP contribution in [0.5, 0.6) is 0 Å². The van der Waals surface area contributed by atoms with Crippen molar-refractivity contribution in [2.45, 2.75) is 5.16 Å². The maximum absolute atomic E-state index is 14.5. The number of benzene rings is 2. The standard InChI is InChI=1S/C19H13F2N5OS2/c20-13-6-7-15(14(21)10-13)26-17(12-4-2-1-3-5-12)24-25-19(26)29-11-16(27)23-18-22-8-9-28-18/h1-10H,11H2,(H,22,23,27). The Hall–Kier alpha value is -3.11. The molecule has 1 amide bonds. The zero-order valence-corrected chi connectivity index (χ0v) is 16.4. The van der Waals surface area contributed by atoms with Crippen molar-refractivity contribution in [3.63, 3.8) is 0 Å². The summed E-state index contributed by atoms with van der Waals surface area (Å²) in [7, 11) is 0. The van der Waals surface area contributed by atoms with Crippen molar-refractivity contribution in [1.29, 1.82) is 0 Å². The van der Waals surface area contributed by atoms with Gasteiger partial charge in [0.25, 0.3) is 0 Å². The lowest BCUT2D eigenvalue weighted by Crippen LogP contribution is -2.14. The molecule has 2 aromatic carbocycles. The second-order valence-corrected chi connectivity index (χ2v) is 7.61. The van der Waals surface area contributed by atoms with Crippen molar-refractivity contribution in [3.05, 3.63) is 71.7 Å². The van der Waals surface area contributed by atoms with E-state index in [0.717, 1.165) is 23.9 Å². The van der Waals surface area contributed by atoms with Crippen molar-refractivity contribution in [1.82, 2.24) is 19.7 Å². The number of carbonyl (C=O) groups excluding carboxylic acids is 1. The third-order valence-electron chi connectivity index (χ3n) is 3.83. The van der Waals surface area contributed by atoms with Crippen LogP contribution in [0.25, 0.3) is 17.1 Å². The molecule has 0 saturated carbocycles. The number of hydrogen-bond acceptors (Lipinski definition) is 6. The van der Waals surface area contributed by atoms with Crippen molar-refractivity contribution >= 4 is 34.1 Å². The SMILES string of the molecule is O=C(CSc1nnc(-c2ccccc2)n1-c1ccc(F)cc1F)Nc1nccs1. The molecule has 0 atom stereocenters. The molecule has 4 aromatic rings. The molecule has 4 rings (SSSR count). The van der Waals surface area contributed by atoms with Gasteiger partial charge in [0.1, 0.15) is 11.6 Å². The van der Waals surface area contributed by atoms with Crippen LogP contribution in [-0.2, 0) is 4.79 Å². The average molecular weight is 429 g/mol. The fourth-order valence-electron chi connectivity index (χ4n) is 2.59. The zero-order valence-electron chi connectivity index (χ0n) is 14.8. The second kappa shape index (κ2) is 8.50. The van der Waals surface area contributed by atoms with Crippen LogP contribution in [0.2, 0.25) is 0 Å². The first-order valence-electron chi connectivity index (χ1n) is 8.40. The van der Waals surface area contributed by atoms with Gasteiger partial charge in [0, 0.05) is 23.2 Å². The molecule has 0 bridgehead atoms. The molecule has 0 aliphatic rings. The van der Waals surface area contributed by atoms with Crippen LogP contribution in [-0.4, -0.2) is 31.4 Å². The summed E-state index contributed by atoms with van der Waals surface area (Å²) in [6.07, 6.45) is 1.59. The molecule has 10 heteroatoms. The number of anilines is 1. The van der Waals surface area contributed by atoms with Gasteiger partial charge in [0.05, 0.1) is 11.4 Å². The van der Waals surface area contributed by atoms with Gasteiger partial charge in [0.2, 0.25) is 5.91 Å². The van der Waals surface area contributed by atoms with E-state index in [1.807, 2.05) is 30.3 Å². The first-order chi connectivity index (χ1) is 14.1. The van der Waals surface area contributed by atoms with E-state index >= 15 is 0 Å². The number of hydrogen-bond donors (Lipinski definition) is 1. The van der Waals surface area contributed by atoms with E-state index in [9.17, 15) is 13.6 Å². The monoisotopic (exact) mass is 429 g/mol. The first-order valence-corrected chi connectivity index (χ1v) is 10.3. The average Bonchev–Trinajstić information content (AvgIpc) is 3.37. The number of aromatic nitrogens is 4. The molecule has 0 aliphatic carbocycles.